The number of nitrogens with one attached hydrogen (secondary N) is 1. The van der Waals surface area contributed by atoms with Crippen molar-refractivity contribution >= 4 is 5.78 Å². The third kappa shape index (κ3) is 3.40. The van der Waals surface area contributed by atoms with Crippen LogP contribution in [0.1, 0.15) is 30.4 Å². The zero-order valence-corrected chi connectivity index (χ0v) is 10.5. The van der Waals surface area contributed by atoms with Gasteiger partial charge >= 0.3 is 0 Å². The van der Waals surface area contributed by atoms with Crippen LogP contribution >= 0.6 is 0 Å². The maximum atomic E-state index is 12.2. The van der Waals surface area contributed by atoms with Crippen molar-refractivity contribution in [3.63, 3.8) is 0 Å². The number of aryl methyl sites for hydroxylation is 1. The quantitative estimate of drug-likeness (QED) is 0.866. The van der Waals surface area contributed by atoms with Crippen LogP contribution in [0, 0.1) is 12.8 Å². The number of hydrogen-bond donors (Lipinski definition) is 1. The minimum absolute atomic E-state index is 0.268. The summed E-state index contributed by atoms with van der Waals surface area (Å²) in [5.74, 6) is 0.688. The van der Waals surface area contributed by atoms with Gasteiger partial charge < -0.3 is 5.32 Å². The Bertz CT molecular complexity index is 378. The highest BCUT2D eigenvalue weighted by molar-refractivity contribution is 5.83. The van der Waals surface area contributed by atoms with Gasteiger partial charge in [-0.15, -0.1) is 0 Å². The van der Waals surface area contributed by atoms with Gasteiger partial charge in [0, 0.05) is 12.3 Å². The Hall–Kier alpha value is -1.15. The van der Waals surface area contributed by atoms with E-state index >= 15 is 0 Å². The lowest BCUT2D eigenvalue weighted by Crippen LogP contribution is -2.19. The molecule has 0 radical (unpaired) electrons. The molecule has 1 atom stereocenters. The van der Waals surface area contributed by atoms with E-state index in [-0.39, 0.29) is 5.92 Å². The summed E-state index contributed by atoms with van der Waals surface area (Å²) in [7, 11) is 0. The molecule has 0 bridgehead atoms. The first-order chi connectivity index (χ1) is 8.27. The number of ketones is 1. The van der Waals surface area contributed by atoms with Gasteiger partial charge in [-0.3, -0.25) is 4.79 Å². The third-order valence-electron chi connectivity index (χ3n) is 3.66. The molecule has 2 rings (SSSR count). The normalized spacial score (nSPS) is 20.9. The lowest BCUT2D eigenvalue weighted by Gasteiger charge is -2.13. The van der Waals surface area contributed by atoms with Crippen LogP contribution in [0.4, 0.5) is 0 Å². The molecule has 1 heterocycles. The fourth-order valence-electron chi connectivity index (χ4n) is 2.48. The number of hydrogen-bond acceptors (Lipinski definition) is 2. The van der Waals surface area contributed by atoms with E-state index in [2.05, 4.69) is 24.4 Å². The van der Waals surface area contributed by atoms with E-state index in [1.165, 1.54) is 11.1 Å². The molecule has 0 amide bonds. The Morgan fingerprint density at radius 1 is 1.29 bits per heavy atom. The topological polar surface area (TPSA) is 29.1 Å². The highest BCUT2D eigenvalue weighted by atomic mass is 16.1. The summed E-state index contributed by atoms with van der Waals surface area (Å²) in [5.41, 5.74) is 2.42. The van der Waals surface area contributed by atoms with Crippen molar-refractivity contribution in [2.24, 2.45) is 5.92 Å². The molecule has 1 aromatic rings. The van der Waals surface area contributed by atoms with E-state index < -0.39 is 0 Å². The van der Waals surface area contributed by atoms with E-state index in [0.717, 1.165) is 32.4 Å². The Morgan fingerprint density at radius 2 is 2.12 bits per heavy atom. The molecule has 1 aromatic carbocycles. The number of carbonyl (C=O) groups excluding carboxylic acids is 1. The minimum Gasteiger partial charge on any atom is -0.317 e. The molecule has 0 saturated carbocycles. The van der Waals surface area contributed by atoms with Gasteiger partial charge in [0.25, 0.3) is 0 Å². The third-order valence-corrected chi connectivity index (χ3v) is 3.66. The number of Topliss-reactive ketones (excluding diaryl/α,β-unsaturated/α-hetero) is 1. The van der Waals surface area contributed by atoms with Crippen LogP contribution in [0.5, 0.6) is 0 Å². The smallest absolute Gasteiger partial charge is 0.140 e. The van der Waals surface area contributed by atoms with Gasteiger partial charge in [-0.05, 0) is 50.4 Å². The van der Waals surface area contributed by atoms with E-state index in [1.54, 1.807) is 0 Å². The summed E-state index contributed by atoms with van der Waals surface area (Å²) in [6, 6.07) is 8.20. The fraction of sp³-hybridized carbons (Fsp3) is 0.533. The predicted molar refractivity (Wildman–Crippen MR) is 70.1 cm³/mol. The van der Waals surface area contributed by atoms with Gasteiger partial charge in [-0.2, -0.15) is 0 Å². The Morgan fingerprint density at radius 3 is 2.94 bits per heavy atom. The van der Waals surface area contributed by atoms with Crippen LogP contribution < -0.4 is 5.32 Å². The van der Waals surface area contributed by atoms with Crippen molar-refractivity contribution in [1.29, 1.82) is 0 Å². The Balaban J connectivity index is 1.98. The number of rotatable bonds is 3. The molecule has 0 aliphatic carbocycles. The second-order valence-electron chi connectivity index (χ2n) is 4.95. The minimum atomic E-state index is 0.268. The van der Waals surface area contributed by atoms with Crippen molar-refractivity contribution in [2.45, 2.75) is 32.6 Å². The highest BCUT2D eigenvalue weighted by Gasteiger charge is 2.20. The van der Waals surface area contributed by atoms with Crippen LogP contribution in [-0.2, 0) is 11.2 Å². The van der Waals surface area contributed by atoms with Gasteiger partial charge in [-0.1, -0.05) is 24.3 Å². The van der Waals surface area contributed by atoms with E-state index in [9.17, 15) is 4.79 Å². The average Bonchev–Trinajstić information content (AvgIpc) is 2.61. The van der Waals surface area contributed by atoms with Crippen LogP contribution in [0.15, 0.2) is 24.3 Å². The van der Waals surface area contributed by atoms with Gasteiger partial charge in [-0.25, -0.2) is 0 Å². The van der Waals surface area contributed by atoms with Gasteiger partial charge in [0.1, 0.15) is 5.78 Å². The van der Waals surface area contributed by atoms with Crippen LogP contribution in [0.2, 0.25) is 0 Å². The van der Waals surface area contributed by atoms with Crippen molar-refractivity contribution in [2.75, 3.05) is 13.1 Å². The summed E-state index contributed by atoms with van der Waals surface area (Å²) in [6.45, 7) is 4.13. The summed E-state index contributed by atoms with van der Waals surface area (Å²) in [6.07, 6.45) is 3.80. The number of carbonyl (C=O) groups is 1. The molecular weight excluding hydrogens is 210 g/mol. The summed E-state index contributed by atoms with van der Waals surface area (Å²) < 4.78 is 0. The zero-order valence-electron chi connectivity index (χ0n) is 10.5. The molecule has 1 aliphatic rings. The van der Waals surface area contributed by atoms with Crippen molar-refractivity contribution in [1.82, 2.24) is 5.32 Å². The maximum absolute atomic E-state index is 12.2. The first-order valence-corrected chi connectivity index (χ1v) is 6.55. The summed E-state index contributed by atoms with van der Waals surface area (Å²) >= 11 is 0. The largest absolute Gasteiger partial charge is 0.317 e. The SMILES string of the molecule is Cc1ccccc1CC(=O)C1CCCNCC1. The highest BCUT2D eigenvalue weighted by Crippen LogP contribution is 2.18. The van der Waals surface area contributed by atoms with Crippen molar-refractivity contribution in [3.05, 3.63) is 35.4 Å². The van der Waals surface area contributed by atoms with Crippen LogP contribution in [0.25, 0.3) is 0 Å². The first-order valence-electron chi connectivity index (χ1n) is 6.55. The molecule has 2 nitrogen and oxygen atoms in total. The second-order valence-corrected chi connectivity index (χ2v) is 4.95. The monoisotopic (exact) mass is 231 g/mol. The molecule has 1 unspecified atom stereocenters. The zero-order chi connectivity index (χ0) is 12.1. The lowest BCUT2D eigenvalue weighted by atomic mass is 9.90. The fourth-order valence-corrected chi connectivity index (χ4v) is 2.48. The summed E-state index contributed by atoms with van der Waals surface area (Å²) in [5, 5.41) is 3.36. The summed E-state index contributed by atoms with van der Waals surface area (Å²) in [4.78, 5) is 12.2. The molecular formula is C15H21NO. The Labute approximate surface area is 103 Å². The van der Waals surface area contributed by atoms with Crippen LogP contribution in [-0.4, -0.2) is 18.9 Å². The van der Waals surface area contributed by atoms with Crippen LogP contribution in [0.3, 0.4) is 0 Å². The molecule has 0 aromatic heterocycles. The predicted octanol–water partition coefficient (Wildman–Crippen LogP) is 2.50. The van der Waals surface area contributed by atoms with Crippen molar-refractivity contribution < 1.29 is 4.79 Å². The average molecular weight is 231 g/mol. The molecule has 2 heteroatoms. The van der Waals surface area contributed by atoms with Gasteiger partial charge in [0.2, 0.25) is 0 Å². The molecule has 17 heavy (non-hydrogen) atoms. The first kappa shape index (κ1) is 12.3. The molecule has 1 saturated heterocycles. The lowest BCUT2D eigenvalue weighted by molar-refractivity contribution is -0.122. The van der Waals surface area contributed by atoms with E-state index in [4.69, 9.17) is 0 Å². The molecule has 92 valence electrons. The second kappa shape index (κ2) is 5.97. The Kier molecular flexibility index (Phi) is 4.32. The van der Waals surface area contributed by atoms with Crippen molar-refractivity contribution in [3.8, 4) is 0 Å². The molecule has 1 N–H and O–H groups in total. The number of benzene rings is 1. The van der Waals surface area contributed by atoms with E-state index in [1.807, 2.05) is 12.1 Å². The van der Waals surface area contributed by atoms with Gasteiger partial charge in [0.15, 0.2) is 0 Å². The van der Waals surface area contributed by atoms with E-state index in [0.29, 0.717) is 12.2 Å². The molecule has 0 spiro atoms. The molecule has 1 fully saturated rings. The standard InChI is InChI=1S/C15H21NO/c1-12-5-2-3-6-14(12)11-15(17)13-7-4-9-16-10-8-13/h2-3,5-6,13,16H,4,7-11H2,1H3. The maximum Gasteiger partial charge on any atom is 0.140 e. The molecule has 1 aliphatic heterocycles. The van der Waals surface area contributed by atoms with Gasteiger partial charge in [0.05, 0.1) is 0 Å².